The van der Waals surface area contributed by atoms with E-state index in [1.165, 1.54) is 0 Å². The molecule has 0 spiro atoms. The number of aryl methyl sites for hydroxylation is 2. The molecule has 0 aliphatic heterocycles. The van der Waals surface area contributed by atoms with Crippen molar-refractivity contribution in [3.8, 4) is 51.4 Å². The van der Waals surface area contributed by atoms with Gasteiger partial charge in [0.25, 0.3) is 11.7 Å². The Labute approximate surface area is 437 Å². The third kappa shape index (κ3) is 11.6. The Hall–Kier alpha value is -9.80. The number of nitrogens with two attached hydrogens (primary N) is 3. The lowest BCUT2D eigenvalue weighted by Crippen LogP contribution is -2.29. The van der Waals surface area contributed by atoms with E-state index in [-0.39, 0.29) is 34.8 Å². The van der Waals surface area contributed by atoms with Gasteiger partial charge < -0.3 is 32.5 Å². The number of hydrogen-bond acceptors (Lipinski definition) is 16. The molecule has 8 heterocycles. The fraction of sp³-hybridized carbons (Fsp3) is 0.115. The van der Waals surface area contributed by atoms with Gasteiger partial charge in [-0.1, -0.05) is 54.0 Å². The number of carbonyl (C=O) groups is 2. The molecule has 0 aliphatic rings. The van der Waals surface area contributed by atoms with E-state index in [2.05, 4.69) is 60.2 Å². The molecule has 23 heteroatoms. The van der Waals surface area contributed by atoms with Gasteiger partial charge in [-0.15, -0.1) is 4.98 Å². The minimum atomic E-state index is -1.26. The number of hydrogen-bond donors (Lipinski definition) is 5. The van der Waals surface area contributed by atoms with Gasteiger partial charge in [-0.3, -0.25) is 24.1 Å². The van der Waals surface area contributed by atoms with Crippen LogP contribution in [0.2, 0.25) is 10.0 Å². The highest BCUT2D eigenvalue weighted by Gasteiger charge is 2.25. The number of carboxylic acid groups (broad SMARTS) is 1. The van der Waals surface area contributed by atoms with Crippen molar-refractivity contribution in [1.82, 2.24) is 64.7 Å². The molecule has 0 bridgehead atoms. The number of aromatic nitrogens is 12. The van der Waals surface area contributed by atoms with Crippen LogP contribution in [-0.4, -0.2) is 76.4 Å². The minimum Gasteiger partial charge on any atom is -0.476 e. The lowest BCUT2D eigenvalue weighted by Gasteiger charge is -2.16. The number of carboxylic acids is 1. The smallest absolute Gasteiger partial charge is 0.358 e. The zero-order valence-corrected chi connectivity index (χ0v) is 41.7. The monoisotopic (exact) mass is 1040 g/mol. The van der Waals surface area contributed by atoms with Crippen molar-refractivity contribution >= 4 is 74.3 Å². The summed E-state index contributed by atoms with van der Waals surface area (Å²) in [6, 6.07) is 29.7. The highest BCUT2D eigenvalue weighted by Crippen LogP contribution is 2.36. The maximum atomic E-state index is 13.3. The van der Waals surface area contributed by atoms with Crippen LogP contribution >= 0.6 is 23.2 Å². The first-order valence-electron chi connectivity index (χ1n) is 22.5. The van der Waals surface area contributed by atoms with Crippen molar-refractivity contribution in [3.05, 3.63) is 172 Å². The second-order valence-corrected chi connectivity index (χ2v) is 17.3. The number of aromatic carboxylic acids is 1. The van der Waals surface area contributed by atoms with Gasteiger partial charge in [0.05, 0.1) is 50.2 Å². The highest BCUT2D eigenvalue weighted by molar-refractivity contribution is 6.36. The summed E-state index contributed by atoms with van der Waals surface area (Å²) in [7, 11) is 3.56. The first-order chi connectivity index (χ1) is 36.0. The fourth-order valence-corrected chi connectivity index (χ4v) is 8.03. The van der Waals surface area contributed by atoms with Crippen molar-refractivity contribution in [2.45, 2.75) is 25.9 Å². The largest absolute Gasteiger partial charge is 0.476 e. The van der Waals surface area contributed by atoms with Gasteiger partial charge in [0.2, 0.25) is 0 Å². The average Bonchev–Trinajstić information content (AvgIpc) is 4.06. The summed E-state index contributed by atoms with van der Waals surface area (Å²) in [6.45, 7) is 10.3. The molecule has 0 saturated heterocycles. The summed E-state index contributed by atoms with van der Waals surface area (Å²) < 4.78 is 3.25. The van der Waals surface area contributed by atoms with E-state index < -0.39 is 17.9 Å². The maximum Gasteiger partial charge on any atom is 0.358 e. The molecule has 2 aromatic carbocycles. The van der Waals surface area contributed by atoms with Gasteiger partial charge in [-0.05, 0) is 86.6 Å². The van der Waals surface area contributed by atoms with Crippen LogP contribution in [0.3, 0.4) is 0 Å². The molecule has 0 aliphatic carbocycles. The van der Waals surface area contributed by atoms with Crippen LogP contribution in [-0.2, 0) is 14.1 Å². The van der Waals surface area contributed by atoms with E-state index in [4.69, 9.17) is 52.2 Å². The zero-order valence-electron chi connectivity index (χ0n) is 40.2. The van der Waals surface area contributed by atoms with E-state index in [0.717, 1.165) is 16.5 Å². The molecule has 8 aromatic heterocycles. The average molecular weight is 1040 g/mol. The number of rotatable bonds is 9. The van der Waals surface area contributed by atoms with Crippen LogP contribution in [0, 0.1) is 17.9 Å². The van der Waals surface area contributed by atoms with Gasteiger partial charge >= 0.3 is 5.97 Å². The summed E-state index contributed by atoms with van der Waals surface area (Å²) in [5.74, 6) is -1.63. The molecule has 10 rings (SSSR count). The molecule has 0 saturated carbocycles. The lowest BCUT2D eigenvalue weighted by molar-refractivity contribution is 0.0691. The number of nitrogen functional groups attached to an aromatic ring is 2. The predicted molar refractivity (Wildman–Crippen MR) is 284 cm³/mol. The second kappa shape index (κ2) is 22.3. The lowest BCUT2D eigenvalue weighted by atomic mass is 10.0. The number of fused-ring (bicyclic) bond motifs is 2. The fourth-order valence-electron chi connectivity index (χ4n) is 7.48. The minimum absolute atomic E-state index is 0.0543. The number of benzene rings is 2. The third-order valence-electron chi connectivity index (χ3n) is 11.1. The predicted octanol–water partition coefficient (Wildman–Crippen LogP) is 8.76. The number of nitrogens with zero attached hydrogens (tertiary/aromatic N) is 14. The molecule has 0 fully saturated rings. The molecular formula is C52H42Cl2N18O3. The molecule has 1 amide bonds. The number of nitriles is 1. The Balaban J connectivity index is 0.000000171. The normalized spacial score (nSPS) is 11.5. The van der Waals surface area contributed by atoms with Crippen LogP contribution in [0.5, 0.6) is 0 Å². The van der Waals surface area contributed by atoms with Crippen molar-refractivity contribution < 1.29 is 14.7 Å². The quantitative estimate of drug-likeness (QED) is 0.0843. The number of pyridine rings is 4. The van der Waals surface area contributed by atoms with Gasteiger partial charge in [0, 0.05) is 60.8 Å². The Morgan fingerprint density at radius 3 is 1.71 bits per heavy atom. The van der Waals surface area contributed by atoms with Gasteiger partial charge in [0.15, 0.2) is 23.0 Å². The molecule has 8 N–H and O–H groups in total. The summed E-state index contributed by atoms with van der Waals surface area (Å²) in [5, 5.41) is 32.6. The third-order valence-corrected chi connectivity index (χ3v) is 11.6. The van der Waals surface area contributed by atoms with Crippen molar-refractivity contribution in [1.29, 1.82) is 5.26 Å². The Bertz CT molecular complexity index is 3900. The number of carbonyl (C=O) groups excluding carboxylic acids is 1. The van der Waals surface area contributed by atoms with E-state index in [1.54, 1.807) is 116 Å². The number of halogens is 2. The molecule has 21 nitrogen and oxygen atoms in total. The highest BCUT2D eigenvalue weighted by atomic mass is 35.5. The van der Waals surface area contributed by atoms with Gasteiger partial charge in [-0.2, -0.15) is 15.5 Å². The van der Waals surface area contributed by atoms with E-state index in [1.807, 2.05) is 49.4 Å². The van der Waals surface area contributed by atoms with Crippen LogP contribution < -0.4 is 22.5 Å². The number of amides is 1. The number of nitrogens with one attached hydrogen (secondary N) is 1. The van der Waals surface area contributed by atoms with Gasteiger partial charge in [-0.25, -0.2) is 29.7 Å². The molecule has 372 valence electrons. The summed E-state index contributed by atoms with van der Waals surface area (Å²) in [5.41, 5.74) is 23.8. The molecule has 75 heavy (non-hydrogen) atoms. The summed E-state index contributed by atoms with van der Waals surface area (Å²) in [4.78, 5) is 62.5. The summed E-state index contributed by atoms with van der Waals surface area (Å²) in [6.07, 6.45) is 6.85. The van der Waals surface area contributed by atoms with Crippen molar-refractivity contribution in [3.63, 3.8) is 0 Å². The Kier molecular flexibility index (Phi) is 15.3. The molecule has 2 atom stereocenters. The van der Waals surface area contributed by atoms with Crippen LogP contribution in [0.1, 0.15) is 64.0 Å². The molecule has 0 radical (unpaired) electrons. The standard InChI is InChI=1S/C26H20ClN9O.C18H13ClN6O2.C8H9N3/c1-14(19-7-3-6-17(13-28)32-19)31-26(37)24-25(29)34-23(20-8-10-36(2)35-20)22(33-24)16-11-15-5-4-9-30-21(15)18(27)12-16;1-25-6-4-12(24-25)15-14(22-16(18(26)27)17(20)23-15)10-7-9-3-2-5-21-13(9)11(19)8-10;1-6(9)7-4-3-5-8(10-2)11-7/h3-12,14H,1-2H3,(H2,29,34)(H,31,37);2-8H,1H3,(H2,20,23)(H,26,27);3-6H,9H2,1H3. The first-order valence-corrected chi connectivity index (χ1v) is 23.2. The van der Waals surface area contributed by atoms with Crippen molar-refractivity contribution in [2.75, 3.05) is 11.5 Å². The molecule has 10 aromatic rings. The molecular weight excluding hydrogens is 996 g/mol. The van der Waals surface area contributed by atoms with Crippen LogP contribution in [0.4, 0.5) is 17.5 Å². The number of anilines is 2. The van der Waals surface area contributed by atoms with Gasteiger partial charge in [0.1, 0.15) is 40.2 Å². The second-order valence-electron chi connectivity index (χ2n) is 16.5. The Morgan fingerprint density at radius 1 is 0.693 bits per heavy atom. The first kappa shape index (κ1) is 51.6. The SMILES string of the molecule is CC(NC(=O)c1nc(-c2cc(Cl)c3ncccc3c2)c(-c2ccn(C)n2)nc1N)c1cccc(C#N)n1.Cn1ccc(-c2nc(N)c(C(=O)O)nc2-c2cc(Cl)c3ncccc3c2)n1.[C-]#[N+]c1cccc(C(C)N)n1. The van der Waals surface area contributed by atoms with E-state index in [9.17, 15) is 14.7 Å². The topological polar surface area (TPSA) is 311 Å². The maximum absolute atomic E-state index is 13.3. The van der Waals surface area contributed by atoms with E-state index in [0.29, 0.717) is 77.9 Å². The van der Waals surface area contributed by atoms with Crippen LogP contribution in [0.15, 0.2) is 122 Å². The van der Waals surface area contributed by atoms with Crippen LogP contribution in [0.25, 0.3) is 71.9 Å². The van der Waals surface area contributed by atoms with E-state index >= 15 is 0 Å². The Morgan fingerprint density at radius 2 is 1.21 bits per heavy atom. The van der Waals surface area contributed by atoms with Crippen molar-refractivity contribution in [2.24, 2.45) is 19.8 Å². The zero-order chi connectivity index (χ0) is 53.5. The summed E-state index contributed by atoms with van der Waals surface area (Å²) >= 11 is 12.9. The molecule has 2 unspecified atom stereocenters.